The number of carbonyl (C=O) groups is 1. The molecule has 144 valence electrons. The number of rotatable bonds is 5. The lowest BCUT2D eigenvalue weighted by Crippen LogP contribution is -2.51. The SMILES string of the molecule is Cc1ccc(S(=O)(=O)N2CCN(CC(=O)NC3CCCC3)CC2)cc1Cl. The van der Waals surface area contributed by atoms with E-state index >= 15 is 0 Å². The van der Waals surface area contributed by atoms with Gasteiger partial charge in [-0.2, -0.15) is 4.31 Å². The minimum atomic E-state index is -3.55. The Morgan fingerprint density at radius 3 is 2.46 bits per heavy atom. The molecule has 1 saturated carbocycles. The predicted octanol–water partition coefficient (Wildman–Crippen LogP) is 2.01. The Kier molecular flexibility index (Phi) is 6.22. The molecule has 1 aliphatic carbocycles. The molecular formula is C18H26ClN3O3S. The lowest BCUT2D eigenvalue weighted by Gasteiger charge is -2.33. The van der Waals surface area contributed by atoms with Crippen LogP contribution in [0, 0.1) is 6.92 Å². The monoisotopic (exact) mass is 399 g/mol. The van der Waals surface area contributed by atoms with E-state index in [0.29, 0.717) is 43.8 Å². The largest absolute Gasteiger partial charge is 0.352 e. The van der Waals surface area contributed by atoms with E-state index < -0.39 is 10.0 Å². The van der Waals surface area contributed by atoms with E-state index in [1.807, 2.05) is 11.8 Å². The number of nitrogens with zero attached hydrogens (tertiary/aromatic N) is 2. The molecule has 1 aliphatic heterocycles. The van der Waals surface area contributed by atoms with Crippen LogP contribution in [0.5, 0.6) is 0 Å². The summed E-state index contributed by atoms with van der Waals surface area (Å²) in [6, 6.07) is 5.14. The number of benzene rings is 1. The Labute approximate surface area is 160 Å². The van der Waals surface area contributed by atoms with Gasteiger partial charge >= 0.3 is 0 Å². The van der Waals surface area contributed by atoms with Crippen molar-refractivity contribution in [1.29, 1.82) is 0 Å². The molecule has 1 heterocycles. The zero-order valence-electron chi connectivity index (χ0n) is 15.1. The first-order valence-electron chi connectivity index (χ1n) is 9.14. The van der Waals surface area contributed by atoms with Gasteiger partial charge in [0, 0.05) is 37.2 Å². The fourth-order valence-corrected chi connectivity index (χ4v) is 5.25. The molecule has 0 spiro atoms. The van der Waals surface area contributed by atoms with Gasteiger partial charge in [0.15, 0.2) is 0 Å². The van der Waals surface area contributed by atoms with Crippen LogP contribution < -0.4 is 5.32 Å². The van der Waals surface area contributed by atoms with Crippen LogP contribution in [0.2, 0.25) is 5.02 Å². The summed E-state index contributed by atoms with van der Waals surface area (Å²) in [6.45, 7) is 4.04. The number of amides is 1. The first kappa shape index (κ1) is 19.6. The molecule has 2 fully saturated rings. The zero-order chi connectivity index (χ0) is 18.7. The van der Waals surface area contributed by atoms with Gasteiger partial charge in [-0.1, -0.05) is 30.5 Å². The molecule has 1 saturated heterocycles. The Bertz CT molecular complexity index is 755. The molecule has 0 atom stereocenters. The lowest BCUT2D eigenvalue weighted by atomic mass is 10.2. The van der Waals surface area contributed by atoms with Gasteiger partial charge in [-0.3, -0.25) is 9.69 Å². The maximum Gasteiger partial charge on any atom is 0.243 e. The first-order chi connectivity index (χ1) is 12.4. The average molecular weight is 400 g/mol. The van der Waals surface area contributed by atoms with Crippen LogP contribution in [0.1, 0.15) is 31.2 Å². The molecule has 26 heavy (non-hydrogen) atoms. The second kappa shape index (κ2) is 8.25. The van der Waals surface area contributed by atoms with Crippen LogP contribution in [0.3, 0.4) is 0 Å². The van der Waals surface area contributed by atoms with Crippen LogP contribution in [-0.4, -0.2) is 62.3 Å². The van der Waals surface area contributed by atoms with Crippen molar-refractivity contribution in [3.05, 3.63) is 28.8 Å². The standard InChI is InChI=1S/C18H26ClN3O3S/c1-14-6-7-16(12-17(14)19)26(24,25)22-10-8-21(9-11-22)13-18(23)20-15-4-2-3-5-15/h6-7,12,15H,2-5,8-11,13H2,1H3,(H,20,23). The van der Waals surface area contributed by atoms with E-state index in [1.54, 1.807) is 12.1 Å². The third-order valence-corrected chi connectivity index (χ3v) is 7.50. The molecule has 2 aliphatic rings. The smallest absolute Gasteiger partial charge is 0.243 e. The van der Waals surface area contributed by atoms with Crippen LogP contribution in [-0.2, 0) is 14.8 Å². The minimum Gasteiger partial charge on any atom is -0.352 e. The highest BCUT2D eigenvalue weighted by Crippen LogP contribution is 2.23. The Morgan fingerprint density at radius 2 is 1.85 bits per heavy atom. The highest BCUT2D eigenvalue weighted by atomic mass is 35.5. The third kappa shape index (κ3) is 4.57. The number of halogens is 1. The van der Waals surface area contributed by atoms with Gasteiger partial charge in [-0.25, -0.2) is 8.42 Å². The predicted molar refractivity (Wildman–Crippen MR) is 102 cm³/mol. The minimum absolute atomic E-state index is 0.0403. The molecule has 0 unspecified atom stereocenters. The van der Waals surface area contributed by atoms with Gasteiger partial charge < -0.3 is 5.32 Å². The highest BCUT2D eigenvalue weighted by Gasteiger charge is 2.29. The molecule has 0 bridgehead atoms. The number of hydrogen-bond donors (Lipinski definition) is 1. The van der Waals surface area contributed by atoms with Crippen LogP contribution >= 0.6 is 11.6 Å². The molecule has 0 radical (unpaired) electrons. The van der Waals surface area contributed by atoms with Crippen molar-refractivity contribution in [1.82, 2.24) is 14.5 Å². The third-order valence-electron chi connectivity index (χ3n) is 5.20. The van der Waals surface area contributed by atoms with Gasteiger partial charge in [0.05, 0.1) is 11.4 Å². The lowest BCUT2D eigenvalue weighted by molar-refractivity contribution is -0.123. The zero-order valence-corrected chi connectivity index (χ0v) is 16.7. The second-order valence-corrected chi connectivity index (χ2v) is 9.49. The Balaban J connectivity index is 1.53. The van der Waals surface area contributed by atoms with Crippen molar-refractivity contribution in [2.45, 2.75) is 43.5 Å². The summed E-state index contributed by atoms with van der Waals surface area (Å²) in [5.41, 5.74) is 0.851. The van der Waals surface area contributed by atoms with Crippen molar-refractivity contribution >= 4 is 27.5 Å². The van der Waals surface area contributed by atoms with Crippen LogP contribution in [0.4, 0.5) is 0 Å². The molecule has 1 aromatic rings. The van der Waals surface area contributed by atoms with Gasteiger partial charge in [0.2, 0.25) is 15.9 Å². The molecular weight excluding hydrogens is 374 g/mol. The summed E-state index contributed by atoms with van der Waals surface area (Å²) in [5, 5.41) is 3.53. The summed E-state index contributed by atoms with van der Waals surface area (Å²) in [6.07, 6.45) is 4.50. The summed E-state index contributed by atoms with van der Waals surface area (Å²) < 4.78 is 27.0. The van der Waals surface area contributed by atoms with Crippen molar-refractivity contribution < 1.29 is 13.2 Å². The van der Waals surface area contributed by atoms with E-state index in [9.17, 15) is 13.2 Å². The fourth-order valence-electron chi connectivity index (χ4n) is 3.56. The summed E-state index contributed by atoms with van der Waals surface area (Å²) in [7, 11) is -3.55. The first-order valence-corrected chi connectivity index (χ1v) is 11.0. The van der Waals surface area contributed by atoms with Crippen LogP contribution in [0.15, 0.2) is 23.1 Å². The highest BCUT2D eigenvalue weighted by molar-refractivity contribution is 7.89. The fraction of sp³-hybridized carbons (Fsp3) is 0.611. The van der Waals surface area contributed by atoms with E-state index in [0.717, 1.165) is 18.4 Å². The molecule has 8 heteroatoms. The molecule has 1 N–H and O–H groups in total. The van der Waals surface area contributed by atoms with Gasteiger partial charge in [-0.05, 0) is 37.5 Å². The van der Waals surface area contributed by atoms with Crippen molar-refractivity contribution in [2.24, 2.45) is 0 Å². The number of sulfonamides is 1. The maximum atomic E-state index is 12.8. The maximum absolute atomic E-state index is 12.8. The van der Waals surface area contributed by atoms with E-state index in [-0.39, 0.29) is 10.8 Å². The number of hydrogen-bond acceptors (Lipinski definition) is 4. The summed E-state index contributed by atoms with van der Waals surface area (Å²) in [5.74, 6) is 0.0403. The molecule has 3 rings (SSSR count). The number of aryl methyl sites for hydroxylation is 1. The number of piperazine rings is 1. The van der Waals surface area contributed by atoms with Gasteiger partial charge in [0.1, 0.15) is 0 Å². The van der Waals surface area contributed by atoms with E-state index in [2.05, 4.69) is 5.32 Å². The topological polar surface area (TPSA) is 69.7 Å². The summed E-state index contributed by atoms with van der Waals surface area (Å²) in [4.78, 5) is 14.4. The van der Waals surface area contributed by atoms with Crippen molar-refractivity contribution in [2.75, 3.05) is 32.7 Å². The van der Waals surface area contributed by atoms with Crippen molar-refractivity contribution in [3.8, 4) is 0 Å². The van der Waals surface area contributed by atoms with Gasteiger partial charge in [-0.15, -0.1) is 0 Å². The summed E-state index contributed by atoms with van der Waals surface area (Å²) >= 11 is 6.07. The second-order valence-electron chi connectivity index (χ2n) is 7.14. The van der Waals surface area contributed by atoms with Crippen molar-refractivity contribution in [3.63, 3.8) is 0 Å². The van der Waals surface area contributed by atoms with Gasteiger partial charge in [0.25, 0.3) is 0 Å². The molecule has 0 aromatic heterocycles. The van der Waals surface area contributed by atoms with E-state index in [1.165, 1.54) is 23.2 Å². The molecule has 1 amide bonds. The number of nitrogens with one attached hydrogen (secondary N) is 1. The normalized spacial score (nSPS) is 20.4. The Morgan fingerprint density at radius 1 is 1.19 bits per heavy atom. The number of carbonyl (C=O) groups excluding carboxylic acids is 1. The van der Waals surface area contributed by atoms with Crippen LogP contribution in [0.25, 0.3) is 0 Å². The average Bonchev–Trinajstić information content (AvgIpc) is 3.10. The Hall–Kier alpha value is -1.15. The molecule has 6 nitrogen and oxygen atoms in total. The quantitative estimate of drug-likeness (QED) is 0.822. The van der Waals surface area contributed by atoms with E-state index in [4.69, 9.17) is 11.6 Å². The molecule has 1 aromatic carbocycles.